The van der Waals surface area contributed by atoms with Gasteiger partial charge in [0.2, 0.25) is 5.91 Å². The molecule has 0 aliphatic carbocycles. The normalized spacial score (nSPS) is 11.5. The molecule has 0 radical (unpaired) electrons. The van der Waals surface area contributed by atoms with E-state index in [1.54, 1.807) is 11.8 Å². The summed E-state index contributed by atoms with van der Waals surface area (Å²) in [5, 5.41) is 10.6. The van der Waals surface area contributed by atoms with Gasteiger partial charge in [0.15, 0.2) is 0 Å². The van der Waals surface area contributed by atoms with Crippen LogP contribution in [0.15, 0.2) is 54.6 Å². The second-order valence-corrected chi connectivity index (χ2v) is 10.8. The van der Waals surface area contributed by atoms with E-state index in [1.165, 1.54) is 10.5 Å². The first kappa shape index (κ1) is 27.8. The number of urea groups is 1. The Balaban J connectivity index is 1.78. The maximum absolute atomic E-state index is 13.2. The zero-order valence-corrected chi connectivity index (χ0v) is 23.1. The van der Waals surface area contributed by atoms with Gasteiger partial charge in [-0.15, -0.1) is 0 Å². The SMILES string of the molecule is COc1ccc(-n2nc(C(C)(C)C)cc2NC(=O)CN(C(=O)Nc2ccc(C(C)C)cc2)C(C)C)cc1. The minimum Gasteiger partial charge on any atom is -0.497 e. The molecule has 2 aromatic carbocycles. The zero-order chi connectivity index (χ0) is 27.3. The molecule has 2 N–H and O–H groups in total. The predicted molar refractivity (Wildman–Crippen MR) is 149 cm³/mol. The molecule has 3 aromatic rings. The number of hydrogen-bond donors (Lipinski definition) is 2. The monoisotopic (exact) mass is 505 g/mol. The van der Waals surface area contributed by atoms with E-state index >= 15 is 0 Å². The summed E-state index contributed by atoms with van der Waals surface area (Å²) in [6.45, 7) is 14.1. The van der Waals surface area contributed by atoms with Crippen LogP contribution < -0.4 is 15.4 Å². The summed E-state index contributed by atoms with van der Waals surface area (Å²) < 4.78 is 6.97. The van der Waals surface area contributed by atoms with Crippen LogP contribution in [0, 0.1) is 0 Å². The van der Waals surface area contributed by atoms with Crippen LogP contribution >= 0.6 is 0 Å². The summed E-state index contributed by atoms with van der Waals surface area (Å²) in [5.74, 6) is 1.36. The number of amides is 3. The van der Waals surface area contributed by atoms with Gasteiger partial charge in [-0.1, -0.05) is 46.8 Å². The largest absolute Gasteiger partial charge is 0.497 e. The van der Waals surface area contributed by atoms with Crippen LogP contribution in [0.3, 0.4) is 0 Å². The van der Waals surface area contributed by atoms with E-state index < -0.39 is 0 Å². The summed E-state index contributed by atoms with van der Waals surface area (Å²) in [7, 11) is 1.61. The second-order valence-electron chi connectivity index (χ2n) is 10.8. The summed E-state index contributed by atoms with van der Waals surface area (Å²) in [4.78, 5) is 27.7. The fraction of sp³-hybridized carbons (Fsp3) is 0.414. The Hall–Kier alpha value is -3.81. The Morgan fingerprint density at radius 2 is 1.59 bits per heavy atom. The van der Waals surface area contributed by atoms with E-state index in [9.17, 15) is 9.59 Å². The Kier molecular flexibility index (Phi) is 8.63. The maximum Gasteiger partial charge on any atom is 0.322 e. The highest BCUT2D eigenvalue weighted by Crippen LogP contribution is 2.27. The third-order valence-electron chi connectivity index (χ3n) is 6.09. The Morgan fingerprint density at radius 3 is 2.11 bits per heavy atom. The first-order valence-corrected chi connectivity index (χ1v) is 12.6. The number of aromatic nitrogens is 2. The van der Waals surface area contributed by atoms with Crippen molar-refractivity contribution in [3.63, 3.8) is 0 Å². The molecule has 3 amide bonds. The molecule has 0 bridgehead atoms. The van der Waals surface area contributed by atoms with Crippen LogP contribution in [-0.2, 0) is 10.2 Å². The first-order chi connectivity index (χ1) is 17.4. The molecule has 0 fully saturated rings. The van der Waals surface area contributed by atoms with Gasteiger partial charge in [-0.25, -0.2) is 9.48 Å². The average molecular weight is 506 g/mol. The summed E-state index contributed by atoms with van der Waals surface area (Å²) in [5.41, 5.74) is 3.29. The molecule has 0 aliphatic rings. The predicted octanol–water partition coefficient (Wildman–Crippen LogP) is 6.18. The molecule has 1 aromatic heterocycles. The smallest absolute Gasteiger partial charge is 0.322 e. The molecule has 0 spiro atoms. The van der Waals surface area contributed by atoms with Crippen molar-refractivity contribution in [3.8, 4) is 11.4 Å². The molecule has 0 aliphatic heterocycles. The van der Waals surface area contributed by atoms with Crippen molar-refractivity contribution in [2.75, 3.05) is 24.3 Å². The third-order valence-corrected chi connectivity index (χ3v) is 6.09. The Morgan fingerprint density at radius 1 is 0.973 bits per heavy atom. The van der Waals surface area contributed by atoms with Gasteiger partial charge >= 0.3 is 6.03 Å². The number of nitrogens with one attached hydrogen (secondary N) is 2. The van der Waals surface area contributed by atoms with Crippen molar-refractivity contribution in [2.24, 2.45) is 0 Å². The van der Waals surface area contributed by atoms with Gasteiger partial charge in [-0.2, -0.15) is 5.10 Å². The molecule has 1 heterocycles. The standard InChI is InChI=1S/C29H39N5O3/c1-19(2)21-9-11-22(12-10-21)30-28(36)33(20(3)4)18-27(35)31-26-17-25(29(5,6)7)32-34(26)23-13-15-24(37-8)16-14-23/h9-17,19-20H,18H2,1-8H3,(H,30,36)(H,31,35). The van der Waals surface area contributed by atoms with Gasteiger partial charge in [0.1, 0.15) is 18.1 Å². The lowest BCUT2D eigenvalue weighted by Gasteiger charge is -2.26. The first-order valence-electron chi connectivity index (χ1n) is 12.6. The summed E-state index contributed by atoms with van der Waals surface area (Å²) in [6.07, 6.45) is 0. The van der Waals surface area contributed by atoms with E-state index in [0.29, 0.717) is 17.4 Å². The molecule has 0 saturated heterocycles. The number of carbonyl (C=O) groups is 2. The van der Waals surface area contributed by atoms with E-state index in [1.807, 2.05) is 68.4 Å². The highest BCUT2D eigenvalue weighted by Gasteiger charge is 2.24. The molecule has 3 rings (SSSR count). The highest BCUT2D eigenvalue weighted by atomic mass is 16.5. The zero-order valence-electron chi connectivity index (χ0n) is 23.1. The molecule has 198 valence electrons. The van der Waals surface area contributed by atoms with E-state index in [0.717, 1.165) is 17.1 Å². The van der Waals surface area contributed by atoms with Gasteiger partial charge in [0.25, 0.3) is 0 Å². The minimum atomic E-state index is -0.332. The number of rotatable bonds is 8. The maximum atomic E-state index is 13.2. The fourth-order valence-corrected chi connectivity index (χ4v) is 3.73. The van der Waals surface area contributed by atoms with Crippen LogP contribution in [0.2, 0.25) is 0 Å². The second kappa shape index (κ2) is 11.5. The van der Waals surface area contributed by atoms with Crippen molar-refractivity contribution >= 4 is 23.4 Å². The van der Waals surface area contributed by atoms with Crippen molar-refractivity contribution in [3.05, 3.63) is 65.9 Å². The van der Waals surface area contributed by atoms with Crippen molar-refractivity contribution in [1.29, 1.82) is 0 Å². The average Bonchev–Trinajstić information content (AvgIpc) is 3.27. The van der Waals surface area contributed by atoms with Gasteiger partial charge in [-0.05, 0) is 61.7 Å². The lowest BCUT2D eigenvalue weighted by atomic mass is 9.92. The number of anilines is 2. The lowest BCUT2D eigenvalue weighted by Crippen LogP contribution is -2.44. The van der Waals surface area contributed by atoms with Crippen LogP contribution in [0.5, 0.6) is 5.75 Å². The molecule has 8 heteroatoms. The number of methoxy groups -OCH3 is 1. The molecule has 0 saturated carbocycles. The molecule has 8 nitrogen and oxygen atoms in total. The van der Waals surface area contributed by atoms with Crippen molar-refractivity contribution in [2.45, 2.75) is 65.8 Å². The van der Waals surface area contributed by atoms with E-state index in [2.05, 4.69) is 45.3 Å². The lowest BCUT2D eigenvalue weighted by molar-refractivity contribution is -0.117. The number of hydrogen-bond acceptors (Lipinski definition) is 4. The number of nitrogens with zero attached hydrogens (tertiary/aromatic N) is 3. The van der Waals surface area contributed by atoms with Crippen LogP contribution in [-0.4, -0.2) is 46.3 Å². The fourth-order valence-electron chi connectivity index (χ4n) is 3.73. The van der Waals surface area contributed by atoms with Crippen LogP contribution in [0.4, 0.5) is 16.3 Å². The van der Waals surface area contributed by atoms with Gasteiger partial charge < -0.3 is 20.3 Å². The van der Waals surface area contributed by atoms with Crippen LogP contribution in [0.1, 0.15) is 65.6 Å². The van der Waals surface area contributed by atoms with Gasteiger partial charge in [0, 0.05) is 23.2 Å². The number of carbonyl (C=O) groups excluding carboxylic acids is 2. The van der Waals surface area contributed by atoms with Gasteiger partial charge in [-0.3, -0.25) is 4.79 Å². The van der Waals surface area contributed by atoms with Crippen LogP contribution in [0.25, 0.3) is 5.69 Å². The number of benzene rings is 2. The molecule has 37 heavy (non-hydrogen) atoms. The molecular formula is C29H39N5O3. The highest BCUT2D eigenvalue weighted by molar-refractivity contribution is 5.97. The Bertz CT molecular complexity index is 1210. The van der Waals surface area contributed by atoms with E-state index in [4.69, 9.17) is 9.84 Å². The summed E-state index contributed by atoms with van der Waals surface area (Å²) in [6, 6.07) is 16.6. The van der Waals surface area contributed by atoms with Crippen molar-refractivity contribution in [1.82, 2.24) is 14.7 Å². The molecule has 0 unspecified atom stereocenters. The summed E-state index contributed by atoms with van der Waals surface area (Å²) >= 11 is 0. The number of ether oxygens (including phenoxy) is 1. The minimum absolute atomic E-state index is 0.105. The molecule has 0 atom stereocenters. The topological polar surface area (TPSA) is 88.5 Å². The van der Waals surface area contributed by atoms with Gasteiger partial charge in [0.05, 0.1) is 18.5 Å². The molecular weight excluding hydrogens is 466 g/mol. The van der Waals surface area contributed by atoms with Crippen molar-refractivity contribution < 1.29 is 14.3 Å². The quantitative estimate of drug-likeness (QED) is 0.382. The van der Waals surface area contributed by atoms with E-state index in [-0.39, 0.29) is 29.9 Å². The Labute approximate surface area is 220 Å². The third kappa shape index (κ3) is 7.12.